The fourth-order valence-corrected chi connectivity index (χ4v) is 3.34. The van der Waals surface area contributed by atoms with E-state index >= 15 is 0 Å². The lowest BCUT2D eigenvalue weighted by Crippen LogP contribution is -2.31. The lowest BCUT2D eigenvalue weighted by molar-refractivity contribution is 0.0943. The van der Waals surface area contributed by atoms with Crippen molar-refractivity contribution in [3.05, 3.63) is 40.4 Å². The standard InChI is InChI=1S/C16H22ClN5O/c1-11-13(15(17)21(2)20-11)10-22-7-5-12(9-22)8-19-16(23)14-4-3-6-18-14/h3-4,6,12,18H,5,7-10H2,1-2H3,(H,19,23). The van der Waals surface area contributed by atoms with Crippen molar-refractivity contribution in [1.82, 2.24) is 25.0 Å². The van der Waals surface area contributed by atoms with Crippen molar-refractivity contribution >= 4 is 17.5 Å². The number of rotatable bonds is 5. The number of aryl methyl sites for hydroxylation is 2. The molecule has 1 aliphatic heterocycles. The summed E-state index contributed by atoms with van der Waals surface area (Å²) in [6.45, 7) is 5.50. The van der Waals surface area contributed by atoms with Crippen molar-refractivity contribution in [2.45, 2.75) is 19.9 Å². The predicted octanol–water partition coefficient (Wildman–Crippen LogP) is 1.96. The van der Waals surface area contributed by atoms with Gasteiger partial charge in [-0.25, -0.2) is 0 Å². The maximum atomic E-state index is 11.9. The van der Waals surface area contributed by atoms with Gasteiger partial charge in [0.05, 0.1) is 5.69 Å². The van der Waals surface area contributed by atoms with Crippen molar-refractivity contribution in [3.63, 3.8) is 0 Å². The SMILES string of the molecule is Cc1nn(C)c(Cl)c1CN1CCC(CNC(=O)c2ccc[nH]2)C1. The molecule has 1 amide bonds. The Balaban J connectivity index is 1.50. The molecule has 0 bridgehead atoms. The molecule has 124 valence electrons. The van der Waals surface area contributed by atoms with Gasteiger partial charge in [-0.15, -0.1) is 0 Å². The lowest BCUT2D eigenvalue weighted by Gasteiger charge is -2.16. The second-order valence-corrected chi connectivity index (χ2v) is 6.52. The normalized spacial score (nSPS) is 18.5. The van der Waals surface area contributed by atoms with Gasteiger partial charge >= 0.3 is 0 Å². The zero-order valence-electron chi connectivity index (χ0n) is 13.5. The van der Waals surface area contributed by atoms with Crippen LogP contribution in [0.5, 0.6) is 0 Å². The van der Waals surface area contributed by atoms with Crippen LogP contribution in [0, 0.1) is 12.8 Å². The molecule has 0 radical (unpaired) electrons. The molecule has 1 atom stereocenters. The van der Waals surface area contributed by atoms with Gasteiger partial charge < -0.3 is 10.3 Å². The topological polar surface area (TPSA) is 66.0 Å². The van der Waals surface area contributed by atoms with E-state index in [2.05, 4.69) is 20.3 Å². The number of aromatic amines is 1. The van der Waals surface area contributed by atoms with Gasteiger partial charge in [-0.2, -0.15) is 5.10 Å². The van der Waals surface area contributed by atoms with Crippen LogP contribution in [-0.2, 0) is 13.6 Å². The Bertz CT molecular complexity index is 679. The average Bonchev–Trinajstić information content (AvgIpc) is 3.24. The molecule has 1 saturated heterocycles. The first-order chi connectivity index (χ1) is 11.0. The number of likely N-dealkylation sites (tertiary alicyclic amines) is 1. The molecule has 3 heterocycles. The fourth-order valence-electron chi connectivity index (χ4n) is 3.10. The predicted molar refractivity (Wildman–Crippen MR) is 89.5 cm³/mol. The average molecular weight is 336 g/mol. The summed E-state index contributed by atoms with van der Waals surface area (Å²) in [5.41, 5.74) is 2.70. The quantitative estimate of drug-likeness (QED) is 0.878. The first-order valence-electron chi connectivity index (χ1n) is 7.86. The molecule has 23 heavy (non-hydrogen) atoms. The minimum Gasteiger partial charge on any atom is -0.357 e. The number of hydrogen-bond donors (Lipinski definition) is 2. The molecular formula is C16H22ClN5O. The van der Waals surface area contributed by atoms with E-state index in [9.17, 15) is 4.79 Å². The van der Waals surface area contributed by atoms with Gasteiger partial charge in [0, 0.05) is 38.4 Å². The Morgan fingerprint density at radius 1 is 1.57 bits per heavy atom. The monoisotopic (exact) mass is 335 g/mol. The van der Waals surface area contributed by atoms with Crippen LogP contribution in [0.4, 0.5) is 0 Å². The molecule has 0 saturated carbocycles. The maximum Gasteiger partial charge on any atom is 0.267 e. The van der Waals surface area contributed by atoms with E-state index in [-0.39, 0.29) is 5.91 Å². The van der Waals surface area contributed by atoms with Crippen LogP contribution in [0.2, 0.25) is 5.15 Å². The highest BCUT2D eigenvalue weighted by Crippen LogP contribution is 2.24. The molecule has 1 aliphatic rings. The van der Waals surface area contributed by atoms with Crippen LogP contribution >= 0.6 is 11.6 Å². The van der Waals surface area contributed by atoms with Crippen LogP contribution in [-0.4, -0.2) is 45.2 Å². The van der Waals surface area contributed by atoms with Crippen LogP contribution in [0.3, 0.4) is 0 Å². The number of hydrogen-bond acceptors (Lipinski definition) is 3. The van der Waals surface area contributed by atoms with E-state index < -0.39 is 0 Å². The van der Waals surface area contributed by atoms with Crippen molar-refractivity contribution in [2.75, 3.05) is 19.6 Å². The Morgan fingerprint density at radius 3 is 3.04 bits per heavy atom. The minimum atomic E-state index is -0.0420. The number of nitrogens with one attached hydrogen (secondary N) is 2. The summed E-state index contributed by atoms with van der Waals surface area (Å²) in [6, 6.07) is 3.61. The summed E-state index contributed by atoms with van der Waals surface area (Å²) < 4.78 is 1.72. The van der Waals surface area contributed by atoms with E-state index in [1.165, 1.54) is 0 Å². The van der Waals surface area contributed by atoms with E-state index in [0.717, 1.165) is 37.3 Å². The third-order valence-electron chi connectivity index (χ3n) is 4.42. The molecule has 7 heteroatoms. The van der Waals surface area contributed by atoms with E-state index in [4.69, 9.17) is 11.6 Å². The molecule has 0 aliphatic carbocycles. The number of amides is 1. The molecule has 3 rings (SSSR count). The van der Waals surface area contributed by atoms with Gasteiger partial charge in [0.25, 0.3) is 5.91 Å². The zero-order chi connectivity index (χ0) is 16.4. The van der Waals surface area contributed by atoms with Gasteiger partial charge in [-0.3, -0.25) is 14.4 Å². The Labute approximate surface area is 140 Å². The number of carbonyl (C=O) groups is 1. The summed E-state index contributed by atoms with van der Waals surface area (Å²) in [5, 5.41) is 8.07. The largest absolute Gasteiger partial charge is 0.357 e. The number of carbonyl (C=O) groups excluding carboxylic acids is 1. The Kier molecular flexibility index (Phi) is 4.73. The van der Waals surface area contributed by atoms with Crippen LogP contribution in [0.15, 0.2) is 18.3 Å². The fraction of sp³-hybridized carbons (Fsp3) is 0.500. The molecular weight excluding hydrogens is 314 g/mol. The highest BCUT2D eigenvalue weighted by molar-refractivity contribution is 6.30. The number of halogens is 1. The summed E-state index contributed by atoms with van der Waals surface area (Å²) in [7, 11) is 1.86. The van der Waals surface area contributed by atoms with E-state index in [1.54, 1.807) is 16.9 Å². The van der Waals surface area contributed by atoms with Crippen molar-refractivity contribution in [1.29, 1.82) is 0 Å². The number of aromatic nitrogens is 3. The van der Waals surface area contributed by atoms with Gasteiger partial charge in [0.2, 0.25) is 0 Å². The molecule has 1 fully saturated rings. The van der Waals surface area contributed by atoms with Crippen molar-refractivity contribution in [3.8, 4) is 0 Å². The summed E-state index contributed by atoms with van der Waals surface area (Å²) in [5.74, 6) is 0.435. The summed E-state index contributed by atoms with van der Waals surface area (Å²) in [6.07, 6.45) is 2.84. The highest BCUT2D eigenvalue weighted by atomic mass is 35.5. The first kappa shape index (κ1) is 16.1. The van der Waals surface area contributed by atoms with Crippen molar-refractivity contribution < 1.29 is 4.79 Å². The molecule has 0 aromatic carbocycles. The third-order valence-corrected chi connectivity index (χ3v) is 4.89. The molecule has 2 N–H and O–H groups in total. The van der Waals surface area contributed by atoms with Crippen LogP contribution in [0.25, 0.3) is 0 Å². The zero-order valence-corrected chi connectivity index (χ0v) is 14.2. The van der Waals surface area contributed by atoms with Gasteiger partial charge in [0.15, 0.2) is 0 Å². The van der Waals surface area contributed by atoms with E-state index in [0.29, 0.717) is 23.3 Å². The Morgan fingerprint density at radius 2 is 2.39 bits per heavy atom. The van der Waals surface area contributed by atoms with Crippen LogP contribution < -0.4 is 5.32 Å². The van der Waals surface area contributed by atoms with Gasteiger partial charge in [-0.05, 0) is 37.9 Å². The number of H-pyrrole nitrogens is 1. The molecule has 0 spiro atoms. The lowest BCUT2D eigenvalue weighted by atomic mass is 10.1. The number of nitrogens with zero attached hydrogens (tertiary/aromatic N) is 3. The minimum absolute atomic E-state index is 0.0420. The summed E-state index contributed by atoms with van der Waals surface area (Å²) >= 11 is 6.30. The maximum absolute atomic E-state index is 11.9. The molecule has 6 nitrogen and oxygen atoms in total. The van der Waals surface area contributed by atoms with Gasteiger partial charge in [0.1, 0.15) is 10.8 Å². The second kappa shape index (κ2) is 6.76. The highest BCUT2D eigenvalue weighted by Gasteiger charge is 2.25. The van der Waals surface area contributed by atoms with Gasteiger partial charge in [-0.1, -0.05) is 11.6 Å². The molecule has 2 aromatic heterocycles. The van der Waals surface area contributed by atoms with E-state index in [1.807, 2.05) is 20.0 Å². The van der Waals surface area contributed by atoms with Crippen molar-refractivity contribution in [2.24, 2.45) is 13.0 Å². The Hall–Kier alpha value is -1.79. The first-order valence-corrected chi connectivity index (χ1v) is 8.24. The summed E-state index contributed by atoms with van der Waals surface area (Å²) in [4.78, 5) is 17.2. The molecule has 2 aromatic rings. The molecule has 1 unspecified atom stereocenters. The smallest absolute Gasteiger partial charge is 0.267 e. The van der Waals surface area contributed by atoms with Crippen LogP contribution in [0.1, 0.15) is 28.2 Å². The third kappa shape index (κ3) is 3.59. The second-order valence-electron chi connectivity index (χ2n) is 6.16.